The smallest absolute Gasteiger partial charge is 0.417 e. The van der Waals surface area contributed by atoms with Crippen LogP contribution < -0.4 is 15.4 Å². The van der Waals surface area contributed by atoms with Crippen LogP contribution in [0, 0.1) is 17.6 Å². The molecule has 3 rings (SSSR count). The number of carbonyl (C=O) groups is 1. The maximum absolute atomic E-state index is 14.5. The van der Waals surface area contributed by atoms with E-state index >= 15 is 0 Å². The van der Waals surface area contributed by atoms with Gasteiger partial charge in [0.05, 0.1) is 24.4 Å². The molecule has 2 heterocycles. The lowest BCUT2D eigenvalue weighted by Gasteiger charge is -2.32. The summed E-state index contributed by atoms with van der Waals surface area (Å²) in [6, 6.07) is 4.54. The molecule has 12 heteroatoms. The van der Waals surface area contributed by atoms with Crippen molar-refractivity contribution in [3.8, 4) is 5.75 Å². The number of carbonyl (C=O) groups excluding carboxylic acids is 1. The molecule has 0 saturated carbocycles. The number of halogens is 5. The molecule has 1 fully saturated rings. The van der Waals surface area contributed by atoms with E-state index in [-0.39, 0.29) is 17.3 Å². The number of pyridine rings is 1. The lowest BCUT2D eigenvalue weighted by molar-refractivity contribution is -0.272. The number of nitrogens with one attached hydrogen (secondary N) is 2. The molecule has 210 valence electrons. The van der Waals surface area contributed by atoms with Crippen LogP contribution in [0.2, 0.25) is 0 Å². The van der Waals surface area contributed by atoms with Crippen molar-refractivity contribution in [2.45, 2.75) is 63.1 Å². The van der Waals surface area contributed by atoms with Crippen LogP contribution in [0.15, 0.2) is 30.5 Å². The van der Waals surface area contributed by atoms with Gasteiger partial charge in [0.2, 0.25) is 5.82 Å². The highest BCUT2D eigenvalue weighted by atomic mass is 19.4. The van der Waals surface area contributed by atoms with Gasteiger partial charge in [-0.05, 0) is 46.0 Å². The molecule has 2 aromatic rings. The Bertz CT molecular complexity index is 1180. The van der Waals surface area contributed by atoms with Crippen molar-refractivity contribution in [3.05, 3.63) is 53.4 Å². The van der Waals surface area contributed by atoms with Crippen LogP contribution in [0.5, 0.6) is 5.75 Å². The van der Waals surface area contributed by atoms with Gasteiger partial charge in [-0.25, -0.2) is 4.39 Å². The van der Waals surface area contributed by atoms with E-state index in [0.29, 0.717) is 5.69 Å². The van der Waals surface area contributed by atoms with Gasteiger partial charge in [-0.2, -0.15) is 17.6 Å². The van der Waals surface area contributed by atoms with Crippen molar-refractivity contribution in [3.63, 3.8) is 0 Å². The van der Waals surface area contributed by atoms with Crippen LogP contribution >= 0.6 is 0 Å². The molecule has 1 amide bonds. The van der Waals surface area contributed by atoms with E-state index < -0.39 is 58.6 Å². The number of benzene rings is 1. The van der Waals surface area contributed by atoms with E-state index in [0.717, 1.165) is 26.2 Å². The van der Waals surface area contributed by atoms with Crippen LogP contribution in [-0.2, 0) is 14.3 Å². The van der Waals surface area contributed by atoms with Crippen molar-refractivity contribution in [1.82, 2.24) is 10.3 Å². The molecule has 2 N–H and O–H groups in total. The Morgan fingerprint density at radius 3 is 2.39 bits per heavy atom. The van der Waals surface area contributed by atoms with Crippen molar-refractivity contribution in [2.75, 3.05) is 26.6 Å². The normalized spacial score (nSPS) is 24.8. The molecule has 0 radical (unpaired) electrons. The quantitative estimate of drug-likeness (QED) is 0.448. The van der Waals surface area contributed by atoms with Gasteiger partial charge < -0.3 is 24.8 Å². The van der Waals surface area contributed by atoms with Gasteiger partial charge in [-0.15, -0.1) is 0 Å². The summed E-state index contributed by atoms with van der Waals surface area (Å²) in [4.78, 5) is 17.8. The Balaban J connectivity index is 2.04. The SMILES string of the molecule is CN[C@@H](c1cc(NC(=O)[C@@H]2O[C@@](C)(C(F)(F)F)[C@@H](C)[C@H]2c2ccc(F)c(F)c2OC)ccn1)C(C)(C)OC. The maximum Gasteiger partial charge on any atom is 0.417 e. The average molecular weight is 546 g/mol. The number of hydrogen-bond acceptors (Lipinski definition) is 6. The predicted octanol–water partition coefficient (Wildman–Crippen LogP) is 5.13. The van der Waals surface area contributed by atoms with Crippen LogP contribution in [-0.4, -0.2) is 55.6 Å². The monoisotopic (exact) mass is 545 g/mol. The minimum Gasteiger partial charge on any atom is -0.493 e. The largest absolute Gasteiger partial charge is 0.493 e. The van der Waals surface area contributed by atoms with E-state index in [1.165, 1.54) is 19.2 Å². The molecule has 1 aliphatic heterocycles. The van der Waals surface area contributed by atoms with E-state index in [1.807, 2.05) is 13.8 Å². The fourth-order valence-electron chi connectivity index (χ4n) is 4.91. The summed E-state index contributed by atoms with van der Waals surface area (Å²) >= 11 is 0. The molecule has 38 heavy (non-hydrogen) atoms. The number of aromatic nitrogens is 1. The van der Waals surface area contributed by atoms with Crippen LogP contribution in [0.3, 0.4) is 0 Å². The Morgan fingerprint density at radius 2 is 1.84 bits per heavy atom. The first-order chi connectivity index (χ1) is 17.6. The average Bonchev–Trinajstić information content (AvgIpc) is 3.13. The fraction of sp³-hybridized carbons (Fsp3) is 0.538. The predicted molar refractivity (Wildman–Crippen MR) is 130 cm³/mol. The highest BCUT2D eigenvalue weighted by Gasteiger charge is 2.66. The minimum atomic E-state index is -4.86. The number of likely N-dealkylation sites (N-methyl/N-ethyl adjacent to an activating group) is 1. The highest BCUT2D eigenvalue weighted by Crippen LogP contribution is 2.55. The second kappa shape index (κ2) is 10.7. The fourth-order valence-corrected chi connectivity index (χ4v) is 4.91. The molecule has 0 aliphatic carbocycles. The number of ether oxygens (including phenoxy) is 3. The zero-order chi connectivity index (χ0) is 28.6. The number of methoxy groups -OCH3 is 2. The molecule has 0 spiro atoms. The third kappa shape index (κ3) is 5.21. The van der Waals surface area contributed by atoms with Crippen molar-refractivity contribution < 1.29 is 41.0 Å². The highest BCUT2D eigenvalue weighted by molar-refractivity contribution is 5.95. The first-order valence-corrected chi connectivity index (χ1v) is 11.9. The summed E-state index contributed by atoms with van der Waals surface area (Å²) < 4.78 is 86.8. The second-order valence-electron chi connectivity index (χ2n) is 9.93. The van der Waals surface area contributed by atoms with Gasteiger partial charge in [0.1, 0.15) is 6.10 Å². The Hall–Kier alpha value is -2.83. The van der Waals surface area contributed by atoms with E-state index in [1.54, 1.807) is 20.2 Å². The van der Waals surface area contributed by atoms with Gasteiger partial charge in [-0.1, -0.05) is 13.0 Å². The van der Waals surface area contributed by atoms with Crippen molar-refractivity contribution >= 4 is 11.6 Å². The Morgan fingerprint density at radius 1 is 1.18 bits per heavy atom. The lowest BCUT2D eigenvalue weighted by atomic mass is 9.77. The van der Waals surface area contributed by atoms with E-state index in [4.69, 9.17) is 14.2 Å². The third-order valence-corrected chi connectivity index (χ3v) is 7.42. The van der Waals surface area contributed by atoms with E-state index in [2.05, 4.69) is 15.6 Å². The first-order valence-electron chi connectivity index (χ1n) is 11.9. The summed E-state index contributed by atoms with van der Waals surface area (Å²) in [7, 11) is 4.32. The Kier molecular flexibility index (Phi) is 8.40. The van der Waals surface area contributed by atoms with Gasteiger partial charge in [0.25, 0.3) is 5.91 Å². The third-order valence-electron chi connectivity index (χ3n) is 7.42. The van der Waals surface area contributed by atoms with Gasteiger partial charge in [0, 0.05) is 36.4 Å². The summed E-state index contributed by atoms with van der Waals surface area (Å²) in [6.45, 7) is 5.76. The molecule has 1 aromatic carbocycles. The van der Waals surface area contributed by atoms with Gasteiger partial charge in [-0.3, -0.25) is 9.78 Å². The first kappa shape index (κ1) is 29.7. The number of rotatable bonds is 8. The van der Waals surface area contributed by atoms with Crippen molar-refractivity contribution in [2.24, 2.45) is 5.92 Å². The van der Waals surface area contributed by atoms with Crippen LogP contribution in [0.25, 0.3) is 0 Å². The number of alkyl halides is 3. The number of nitrogens with zero attached hydrogens (tertiary/aromatic N) is 1. The van der Waals surface area contributed by atoms with Crippen molar-refractivity contribution in [1.29, 1.82) is 0 Å². The summed E-state index contributed by atoms with van der Waals surface area (Å²) in [5.41, 5.74) is -2.79. The van der Waals surface area contributed by atoms with Crippen LogP contribution in [0.1, 0.15) is 50.9 Å². The molecular weight excluding hydrogens is 513 g/mol. The van der Waals surface area contributed by atoms with Gasteiger partial charge >= 0.3 is 6.18 Å². The molecule has 7 nitrogen and oxygen atoms in total. The Labute approximate surface area is 218 Å². The zero-order valence-corrected chi connectivity index (χ0v) is 22.2. The summed E-state index contributed by atoms with van der Waals surface area (Å²) in [5.74, 6) is -6.76. The standard InChI is InChI=1S/C26H32F5N3O4/c1-13-18(15-8-9-16(27)19(28)20(15)36-6)21(38-25(13,4)26(29,30)31)23(35)34-14-10-11-33-17(12-14)22(32-5)24(2,3)37-7/h8-13,18,21-22,32H,1-7H3,(H,33,34,35)/t13-,18-,21+,22-,25+/m0/s1. The maximum atomic E-state index is 14.5. The second-order valence-corrected chi connectivity index (χ2v) is 9.93. The molecular formula is C26H32F5N3O4. The summed E-state index contributed by atoms with van der Waals surface area (Å²) in [5, 5.41) is 5.70. The molecule has 5 atom stereocenters. The number of anilines is 1. The topological polar surface area (TPSA) is 81.7 Å². The molecule has 1 saturated heterocycles. The molecule has 1 aliphatic rings. The number of amides is 1. The number of hydrogen-bond donors (Lipinski definition) is 2. The molecule has 0 bridgehead atoms. The van der Waals surface area contributed by atoms with E-state index in [9.17, 15) is 26.7 Å². The zero-order valence-electron chi connectivity index (χ0n) is 22.2. The molecule has 1 aromatic heterocycles. The lowest BCUT2D eigenvalue weighted by Crippen LogP contribution is -2.47. The van der Waals surface area contributed by atoms with Crippen LogP contribution in [0.4, 0.5) is 27.6 Å². The molecule has 0 unspecified atom stereocenters. The van der Waals surface area contributed by atoms with Gasteiger partial charge in [0.15, 0.2) is 17.2 Å². The summed E-state index contributed by atoms with van der Waals surface area (Å²) in [6.07, 6.45) is -5.13. The minimum absolute atomic E-state index is 0.112.